The summed E-state index contributed by atoms with van der Waals surface area (Å²) < 4.78 is 2.27. The third kappa shape index (κ3) is 5.92. The Bertz CT molecular complexity index is 1300. The topological polar surface area (TPSA) is 106 Å². The zero-order valence-electron chi connectivity index (χ0n) is 22.8. The number of hydrogen-bond acceptors (Lipinski definition) is 7. The van der Waals surface area contributed by atoms with Crippen molar-refractivity contribution in [2.24, 2.45) is 5.73 Å². The zero-order valence-corrected chi connectivity index (χ0v) is 22.8. The van der Waals surface area contributed by atoms with Gasteiger partial charge in [-0.2, -0.15) is 9.97 Å². The first-order valence-corrected chi connectivity index (χ1v) is 14.5. The van der Waals surface area contributed by atoms with Gasteiger partial charge >= 0.3 is 0 Å². The van der Waals surface area contributed by atoms with Gasteiger partial charge in [-0.1, -0.05) is 73.5 Å². The molecule has 1 atom stereocenters. The molecule has 6 rings (SSSR count). The summed E-state index contributed by atoms with van der Waals surface area (Å²) >= 11 is 0. The number of nitrogens with one attached hydrogen (secondary N) is 3. The Kier molecular flexibility index (Phi) is 7.74. The molecule has 4 aromatic rings. The molecular weight excluding hydrogens is 484 g/mol. The van der Waals surface area contributed by atoms with Crippen LogP contribution in [0, 0.1) is 0 Å². The molecule has 2 aromatic carbocycles. The van der Waals surface area contributed by atoms with Crippen LogP contribution in [0.1, 0.15) is 81.5 Å². The fraction of sp³-hybridized carbons (Fsp3) is 0.452. The van der Waals surface area contributed by atoms with Gasteiger partial charge in [0, 0.05) is 18.1 Å². The number of nitrogens with zero attached hydrogens (tertiary/aromatic N) is 4. The smallest absolute Gasteiger partial charge is 0.227 e. The van der Waals surface area contributed by atoms with E-state index in [2.05, 4.69) is 88.1 Å². The van der Waals surface area contributed by atoms with Crippen LogP contribution in [0.3, 0.4) is 0 Å². The molecule has 0 saturated heterocycles. The maximum absolute atomic E-state index is 6.16. The zero-order chi connectivity index (χ0) is 26.6. The van der Waals surface area contributed by atoms with Crippen LogP contribution in [0.4, 0.5) is 11.8 Å². The van der Waals surface area contributed by atoms with Crippen LogP contribution in [0.2, 0.25) is 0 Å². The van der Waals surface area contributed by atoms with Crippen molar-refractivity contribution >= 4 is 22.9 Å². The molecule has 0 radical (unpaired) electrons. The lowest BCUT2D eigenvalue weighted by molar-refractivity contribution is 0.410. The summed E-state index contributed by atoms with van der Waals surface area (Å²) in [5, 5.41) is 11.1. The highest BCUT2D eigenvalue weighted by molar-refractivity contribution is 5.84. The molecule has 2 heterocycles. The summed E-state index contributed by atoms with van der Waals surface area (Å²) in [5.41, 5.74) is 10.3. The summed E-state index contributed by atoms with van der Waals surface area (Å²) in [6, 6.07) is 22.3. The fourth-order valence-corrected chi connectivity index (χ4v) is 6.15. The molecule has 39 heavy (non-hydrogen) atoms. The monoisotopic (exact) mass is 524 g/mol. The molecule has 5 N–H and O–H groups in total. The fourth-order valence-electron chi connectivity index (χ4n) is 6.15. The first-order valence-electron chi connectivity index (χ1n) is 14.5. The number of imidazole rings is 1. The molecule has 0 aliphatic heterocycles. The van der Waals surface area contributed by atoms with Crippen LogP contribution in [0.15, 0.2) is 67.0 Å². The van der Waals surface area contributed by atoms with Gasteiger partial charge in [-0.15, -0.1) is 0 Å². The molecule has 0 bridgehead atoms. The second-order valence-electron chi connectivity index (χ2n) is 11.2. The van der Waals surface area contributed by atoms with E-state index in [0.717, 1.165) is 42.7 Å². The summed E-state index contributed by atoms with van der Waals surface area (Å²) in [6.07, 6.45) is 10.9. The largest absolute Gasteiger partial charge is 0.353 e. The van der Waals surface area contributed by atoms with E-state index in [1.807, 2.05) is 6.33 Å². The first kappa shape index (κ1) is 25.8. The Morgan fingerprint density at radius 3 is 2.13 bits per heavy atom. The number of anilines is 2. The van der Waals surface area contributed by atoms with Crippen molar-refractivity contribution in [3.8, 4) is 0 Å². The lowest BCUT2D eigenvalue weighted by Gasteiger charge is -2.27. The summed E-state index contributed by atoms with van der Waals surface area (Å²) in [4.78, 5) is 14.8. The van der Waals surface area contributed by atoms with Crippen molar-refractivity contribution in [3.63, 3.8) is 0 Å². The highest BCUT2D eigenvalue weighted by Gasteiger charge is 2.25. The van der Waals surface area contributed by atoms with Crippen LogP contribution >= 0.6 is 0 Å². The molecule has 0 amide bonds. The number of aromatic nitrogens is 4. The summed E-state index contributed by atoms with van der Waals surface area (Å²) in [5.74, 6) is 1.42. The predicted molar refractivity (Wildman–Crippen MR) is 158 cm³/mol. The Balaban J connectivity index is 1.29. The van der Waals surface area contributed by atoms with Crippen LogP contribution in [0.5, 0.6) is 0 Å². The van der Waals surface area contributed by atoms with E-state index in [4.69, 9.17) is 20.7 Å². The van der Waals surface area contributed by atoms with Gasteiger partial charge in [0.15, 0.2) is 17.0 Å². The Labute approximate surface area is 230 Å². The third-order valence-corrected chi connectivity index (χ3v) is 8.28. The first-order chi connectivity index (χ1) is 19.1. The maximum atomic E-state index is 6.16. The van der Waals surface area contributed by atoms with Crippen molar-refractivity contribution in [1.29, 1.82) is 0 Å². The lowest BCUT2D eigenvalue weighted by Crippen LogP contribution is -2.37. The Morgan fingerprint density at radius 2 is 1.49 bits per heavy atom. The van der Waals surface area contributed by atoms with Crippen LogP contribution in [-0.4, -0.2) is 37.8 Å². The molecule has 2 aliphatic carbocycles. The molecule has 1 unspecified atom stereocenters. The van der Waals surface area contributed by atoms with E-state index in [1.165, 1.54) is 36.8 Å². The normalized spacial score (nSPS) is 20.9. The lowest BCUT2D eigenvalue weighted by atomic mass is 9.92. The average molecular weight is 525 g/mol. The molecule has 0 spiro atoms. The molecule has 2 aliphatic rings. The molecule has 2 fully saturated rings. The average Bonchev–Trinajstić information content (AvgIpc) is 3.64. The number of fused-ring (bicyclic) bond motifs is 1. The van der Waals surface area contributed by atoms with Gasteiger partial charge in [0.2, 0.25) is 5.95 Å². The number of nitrogens with two attached hydrogens (primary N) is 1. The maximum Gasteiger partial charge on any atom is 0.227 e. The van der Waals surface area contributed by atoms with E-state index < -0.39 is 0 Å². The van der Waals surface area contributed by atoms with Crippen molar-refractivity contribution in [2.45, 2.75) is 88.6 Å². The minimum absolute atomic E-state index is 0.0346. The van der Waals surface area contributed by atoms with Gasteiger partial charge in [0.25, 0.3) is 0 Å². The van der Waals surface area contributed by atoms with Crippen molar-refractivity contribution < 1.29 is 0 Å². The minimum Gasteiger partial charge on any atom is -0.353 e. The second kappa shape index (κ2) is 11.7. The quantitative estimate of drug-likeness (QED) is 0.206. The van der Waals surface area contributed by atoms with E-state index in [9.17, 15) is 0 Å². The number of rotatable bonds is 9. The van der Waals surface area contributed by atoms with Gasteiger partial charge in [0.1, 0.15) is 0 Å². The summed E-state index contributed by atoms with van der Waals surface area (Å²) in [7, 11) is 0. The van der Waals surface area contributed by atoms with E-state index in [-0.39, 0.29) is 12.2 Å². The molecule has 2 saturated carbocycles. The van der Waals surface area contributed by atoms with Gasteiger partial charge < -0.3 is 20.9 Å². The van der Waals surface area contributed by atoms with E-state index in [1.54, 1.807) is 0 Å². The molecule has 8 nitrogen and oxygen atoms in total. The highest BCUT2D eigenvalue weighted by Crippen LogP contribution is 2.33. The van der Waals surface area contributed by atoms with E-state index in [0.29, 0.717) is 24.1 Å². The number of hydrogen-bond donors (Lipinski definition) is 4. The minimum atomic E-state index is -0.0781. The molecule has 8 heteroatoms. The highest BCUT2D eigenvalue weighted by atomic mass is 15.3. The standard InChI is InChI=1S/C31H40N8/c1-21(34-27(22-10-4-2-5-11-22)23-12-6-3-7-13-23)35-29-28-30(39(20-33-28)26-14-8-9-15-26)38-31(37-29)36-25-18-16-24(32)17-19-25/h2-7,10-13,20-21,24-27,34H,8-9,14-19,32H2,1H3,(H2,35,36,37,38). The number of benzene rings is 2. The Hall–Kier alpha value is -3.49. The van der Waals surface area contributed by atoms with Crippen molar-refractivity contribution in [2.75, 3.05) is 10.6 Å². The SMILES string of the molecule is CC(Nc1nc(NC2CCC(N)CC2)nc2c1ncn2C1CCCC1)NC(c1ccccc1)c1ccccc1. The predicted octanol–water partition coefficient (Wildman–Crippen LogP) is 5.76. The van der Waals surface area contributed by atoms with Crippen molar-refractivity contribution in [1.82, 2.24) is 24.8 Å². The van der Waals surface area contributed by atoms with Gasteiger partial charge in [-0.3, -0.25) is 5.32 Å². The van der Waals surface area contributed by atoms with Gasteiger partial charge in [0.05, 0.1) is 18.5 Å². The van der Waals surface area contributed by atoms with Crippen molar-refractivity contribution in [3.05, 3.63) is 78.1 Å². The summed E-state index contributed by atoms with van der Waals surface area (Å²) in [6.45, 7) is 2.14. The van der Waals surface area contributed by atoms with Crippen LogP contribution < -0.4 is 21.7 Å². The van der Waals surface area contributed by atoms with E-state index >= 15 is 0 Å². The van der Waals surface area contributed by atoms with Crippen LogP contribution in [0.25, 0.3) is 11.2 Å². The second-order valence-corrected chi connectivity index (χ2v) is 11.2. The molecular formula is C31H40N8. The van der Waals surface area contributed by atoms with Crippen LogP contribution in [-0.2, 0) is 0 Å². The molecule has 2 aromatic heterocycles. The van der Waals surface area contributed by atoms with Gasteiger partial charge in [-0.25, -0.2) is 4.98 Å². The third-order valence-electron chi connectivity index (χ3n) is 8.28. The molecule has 204 valence electrons. The van der Waals surface area contributed by atoms with Gasteiger partial charge in [-0.05, 0) is 56.6 Å². The Morgan fingerprint density at radius 1 is 0.846 bits per heavy atom.